The molecule has 0 aliphatic carbocycles. The van der Waals surface area contributed by atoms with Crippen molar-refractivity contribution in [2.75, 3.05) is 32.7 Å². The highest BCUT2D eigenvalue weighted by Gasteiger charge is 2.41. The maximum Gasteiger partial charge on any atom is 0.254 e. The van der Waals surface area contributed by atoms with E-state index in [0.717, 1.165) is 62.3 Å². The van der Waals surface area contributed by atoms with Gasteiger partial charge in [-0.15, -0.1) is 0 Å². The SMILES string of the molecule is Cc1cccc(C)c1C(=O)N1CC2CN(CCCc3ccc(C(N)=O)cc3)CC2C1. The third kappa shape index (κ3) is 4.26. The molecule has 0 radical (unpaired) electrons. The first kappa shape index (κ1) is 20.6. The molecule has 2 N–H and O–H groups in total. The fourth-order valence-corrected chi connectivity index (χ4v) is 5.09. The number of likely N-dealkylation sites (tertiary alicyclic amines) is 2. The molecule has 0 spiro atoms. The third-order valence-corrected chi connectivity index (χ3v) is 6.72. The Morgan fingerprint density at radius 3 is 2.10 bits per heavy atom. The first-order chi connectivity index (χ1) is 14.4. The molecule has 5 nitrogen and oxygen atoms in total. The van der Waals surface area contributed by atoms with E-state index < -0.39 is 0 Å². The van der Waals surface area contributed by atoms with Crippen LogP contribution in [0.5, 0.6) is 0 Å². The molecule has 0 saturated carbocycles. The lowest BCUT2D eigenvalue weighted by atomic mass is 10.0. The molecule has 2 heterocycles. The van der Waals surface area contributed by atoms with E-state index in [1.165, 1.54) is 5.56 Å². The summed E-state index contributed by atoms with van der Waals surface area (Å²) in [4.78, 5) is 28.9. The molecule has 2 aromatic carbocycles. The molecular formula is C25H31N3O2. The van der Waals surface area contributed by atoms with Crippen LogP contribution in [0.15, 0.2) is 42.5 Å². The van der Waals surface area contributed by atoms with E-state index >= 15 is 0 Å². The molecule has 2 atom stereocenters. The molecule has 2 aliphatic heterocycles. The number of primary amides is 1. The van der Waals surface area contributed by atoms with Crippen LogP contribution in [-0.2, 0) is 6.42 Å². The van der Waals surface area contributed by atoms with Crippen molar-refractivity contribution >= 4 is 11.8 Å². The average Bonchev–Trinajstić information content (AvgIpc) is 3.27. The van der Waals surface area contributed by atoms with Crippen molar-refractivity contribution in [3.8, 4) is 0 Å². The Bertz CT molecular complexity index is 904. The van der Waals surface area contributed by atoms with Crippen LogP contribution in [0.25, 0.3) is 0 Å². The molecule has 0 bridgehead atoms. The van der Waals surface area contributed by atoms with Crippen LogP contribution in [0.3, 0.4) is 0 Å². The summed E-state index contributed by atoms with van der Waals surface area (Å²) in [7, 11) is 0. The van der Waals surface area contributed by atoms with Crippen LogP contribution < -0.4 is 5.73 Å². The molecule has 2 fully saturated rings. The first-order valence-electron chi connectivity index (χ1n) is 10.9. The summed E-state index contributed by atoms with van der Waals surface area (Å²) in [5.74, 6) is 1.00. The minimum absolute atomic E-state index is 0.200. The van der Waals surface area contributed by atoms with E-state index in [-0.39, 0.29) is 11.8 Å². The Kier molecular flexibility index (Phi) is 5.91. The number of hydrogen-bond acceptors (Lipinski definition) is 3. The van der Waals surface area contributed by atoms with Crippen LogP contribution in [0.4, 0.5) is 0 Å². The monoisotopic (exact) mass is 405 g/mol. The topological polar surface area (TPSA) is 66.6 Å². The number of carbonyl (C=O) groups is 2. The van der Waals surface area contributed by atoms with Gasteiger partial charge in [-0.1, -0.05) is 30.3 Å². The quantitative estimate of drug-likeness (QED) is 0.803. The van der Waals surface area contributed by atoms with Crippen LogP contribution in [-0.4, -0.2) is 54.3 Å². The number of rotatable bonds is 6. The number of hydrogen-bond donors (Lipinski definition) is 1. The van der Waals surface area contributed by atoms with E-state index in [9.17, 15) is 9.59 Å². The smallest absolute Gasteiger partial charge is 0.254 e. The van der Waals surface area contributed by atoms with Crippen molar-refractivity contribution in [2.24, 2.45) is 17.6 Å². The lowest BCUT2D eigenvalue weighted by Gasteiger charge is -2.23. The number of benzene rings is 2. The van der Waals surface area contributed by atoms with E-state index in [1.807, 2.05) is 44.2 Å². The molecule has 0 aromatic heterocycles. The zero-order chi connectivity index (χ0) is 21.3. The fourth-order valence-electron chi connectivity index (χ4n) is 5.09. The standard InChI is InChI=1S/C25H31N3O2/c1-17-5-3-6-18(2)23(17)25(30)28-15-21-13-27(14-22(21)16-28)12-4-7-19-8-10-20(11-9-19)24(26)29/h3,5-6,8-11,21-22H,4,7,12-16H2,1-2H3,(H2,26,29). The highest BCUT2D eigenvalue weighted by Crippen LogP contribution is 2.32. The molecule has 158 valence electrons. The van der Waals surface area contributed by atoms with Gasteiger partial charge >= 0.3 is 0 Å². The summed E-state index contributed by atoms with van der Waals surface area (Å²) in [5, 5.41) is 0. The minimum Gasteiger partial charge on any atom is -0.366 e. The molecule has 2 aliphatic rings. The fraction of sp³-hybridized carbons (Fsp3) is 0.440. The van der Waals surface area contributed by atoms with Crippen LogP contribution in [0.2, 0.25) is 0 Å². The lowest BCUT2D eigenvalue weighted by Crippen LogP contribution is -2.34. The van der Waals surface area contributed by atoms with E-state index in [4.69, 9.17) is 5.73 Å². The summed E-state index contributed by atoms with van der Waals surface area (Å²) in [6.45, 7) is 9.06. The normalized spacial score (nSPS) is 21.1. The van der Waals surface area contributed by atoms with Crippen molar-refractivity contribution in [3.05, 3.63) is 70.3 Å². The van der Waals surface area contributed by atoms with Crippen molar-refractivity contribution in [1.29, 1.82) is 0 Å². The Morgan fingerprint density at radius 2 is 1.53 bits per heavy atom. The predicted molar refractivity (Wildman–Crippen MR) is 119 cm³/mol. The number of fused-ring (bicyclic) bond motifs is 1. The van der Waals surface area contributed by atoms with Gasteiger partial charge in [0.2, 0.25) is 5.91 Å². The number of carbonyl (C=O) groups excluding carboxylic acids is 2. The first-order valence-corrected chi connectivity index (χ1v) is 10.9. The predicted octanol–water partition coefficient (Wildman–Crippen LogP) is 3.04. The summed E-state index contributed by atoms with van der Waals surface area (Å²) < 4.78 is 0. The third-order valence-electron chi connectivity index (χ3n) is 6.72. The van der Waals surface area contributed by atoms with Gasteiger partial charge in [0.15, 0.2) is 0 Å². The lowest BCUT2D eigenvalue weighted by molar-refractivity contribution is 0.0772. The van der Waals surface area contributed by atoms with Crippen molar-refractivity contribution < 1.29 is 9.59 Å². The Hall–Kier alpha value is -2.66. The van der Waals surface area contributed by atoms with E-state index in [2.05, 4.69) is 9.80 Å². The van der Waals surface area contributed by atoms with Gasteiger partial charge in [-0.25, -0.2) is 0 Å². The largest absolute Gasteiger partial charge is 0.366 e. The Balaban J connectivity index is 1.25. The highest BCUT2D eigenvalue weighted by atomic mass is 16.2. The molecule has 5 heteroatoms. The van der Waals surface area contributed by atoms with Gasteiger partial charge in [0.25, 0.3) is 5.91 Å². The summed E-state index contributed by atoms with van der Waals surface area (Å²) in [5.41, 5.74) is 10.1. The van der Waals surface area contributed by atoms with Gasteiger partial charge in [-0.2, -0.15) is 0 Å². The second-order valence-electron chi connectivity index (χ2n) is 8.92. The number of nitrogens with zero attached hydrogens (tertiary/aromatic N) is 2. The Labute approximate surface area is 178 Å². The minimum atomic E-state index is -0.379. The zero-order valence-electron chi connectivity index (χ0n) is 17.9. The zero-order valence-corrected chi connectivity index (χ0v) is 17.9. The second-order valence-corrected chi connectivity index (χ2v) is 8.92. The summed E-state index contributed by atoms with van der Waals surface area (Å²) >= 11 is 0. The average molecular weight is 406 g/mol. The van der Waals surface area contributed by atoms with Gasteiger partial charge in [0.05, 0.1) is 0 Å². The van der Waals surface area contributed by atoms with Crippen molar-refractivity contribution in [2.45, 2.75) is 26.7 Å². The van der Waals surface area contributed by atoms with Gasteiger partial charge in [0, 0.05) is 37.3 Å². The van der Waals surface area contributed by atoms with Gasteiger partial charge in [-0.05, 0) is 73.9 Å². The van der Waals surface area contributed by atoms with E-state index in [1.54, 1.807) is 12.1 Å². The molecular weight excluding hydrogens is 374 g/mol. The number of aryl methyl sites for hydroxylation is 3. The van der Waals surface area contributed by atoms with Crippen molar-refractivity contribution in [1.82, 2.24) is 9.80 Å². The molecule has 4 rings (SSSR count). The van der Waals surface area contributed by atoms with E-state index in [0.29, 0.717) is 17.4 Å². The molecule has 2 amide bonds. The second kappa shape index (κ2) is 8.60. The Morgan fingerprint density at radius 1 is 0.933 bits per heavy atom. The summed E-state index contributed by atoms with van der Waals surface area (Å²) in [6, 6.07) is 13.7. The van der Waals surface area contributed by atoms with Crippen LogP contribution in [0.1, 0.15) is 43.8 Å². The van der Waals surface area contributed by atoms with Gasteiger partial charge in [0.1, 0.15) is 0 Å². The van der Waals surface area contributed by atoms with Gasteiger partial charge in [-0.3, -0.25) is 9.59 Å². The maximum absolute atomic E-state index is 13.1. The number of amides is 2. The molecule has 30 heavy (non-hydrogen) atoms. The van der Waals surface area contributed by atoms with Crippen LogP contribution >= 0.6 is 0 Å². The summed E-state index contributed by atoms with van der Waals surface area (Å²) in [6.07, 6.45) is 2.10. The highest BCUT2D eigenvalue weighted by molar-refractivity contribution is 5.97. The van der Waals surface area contributed by atoms with Crippen molar-refractivity contribution in [3.63, 3.8) is 0 Å². The molecule has 2 saturated heterocycles. The number of nitrogens with two attached hydrogens (primary N) is 1. The van der Waals surface area contributed by atoms with Crippen LogP contribution in [0, 0.1) is 25.7 Å². The maximum atomic E-state index is 13.1. The molecule has 2 unspecified atom stereocenters. The van der Waals surface area contributed by atoms with Gasteiger partial charge < -0.3 is 15.5 Å². The molecule has 2 aromatic rings.